The van der Waals surface area contributed by atoms with Crippen molar-refractivity contribution in [1.82, 2.24) is 0 Å². The van der Waals surface area contributed by atoms with Gasteiger partial charge >= 0.3 is 0 Å². The highest BCUT2D eigenvalue weighted by Crippen LogP contribution is 2.31. The summed E-state index contributed by atoms with van der Waals surface area (Å²) in [5.74, 6) is 0.833. The predicted molar refractivity (Wildman–Crippen MR) is 74.7 cm³/mol. The summed E-state index contributed by atoms with van der Waals surface area (Å²) in [5, 5.41) is 0. The van der Waals surface area contributed by atoms with Crippen molar-refractivity contribution in [2.24, 2.45) is 5.92 Å². The molecule has 0 amide bonds. The summed E-state index contributed by atoms with van der Waals surface area (Å²) in [7, 11) is 1.72. The van der Waals surface area contributed by atoms with Crippen molar-refractivity contribution in [3.63, 3.8) is 0 Å². The van der Waals surface area contributed by atoms with Crippen LogP contribution in [0.3, 0.4) is 0 Å². The molecule has 1 aromatic rings. The molecular formula is C16H21FO2. The standard InChI is InChI=1S/C16H21FO2/c1-11(10-16(2,3)18-4)14-7-5-12-9-13(17)6-8-15(12)19-14/h5-9,11,14H,10H2,1-4H3. The summed E-state index contributed by atoms with van der Waals surface area (Å²) in [5.41, 5.74) is 0.633. The molecule has 1 aliphatic heterocycles. The van der Waals surface area contributed by atoms with E-state index in [0.717, 1.165) is 17.7 Å². The Morgan fingerprint density at radius 1 is 1.42 bits per heavy atom. The van der Waals surface area contributed by atoms with Gasteiger partial charge in [0.15, 0.2) is 0 Å². The minimum absolute atomic E-state index is 0.00684. The lowest BCUT2D eigenvalue weighted by atomic mass is 9.89. The molecule has 1 heterocycles. The number of rotatable bonds is 4. The summed E-state index contributed by atoms with van der Waals surface area (Å²) in [6, 6.07) is 4.61. The van der Waals surface area contributed by atoms with Gasteiger partial charge in [-0.05, 0) is 50.5 Å². The van der Waals surface area contributed by atoms with Gasteiger partial charge in [0.05, 0.1) is 5.60 Å². The SMILES string of the molecule is COC(C)(C)CC(C)C1C=Cc2cc(F)ccc2O1. The van der Waals surface area contributed by atoms with E-state index in [0.29, 0.717) is 5.92 Å². The maximum absolute atomic E-state index is 13.1. The second kappa shape index (κ2) is 5.33. The lowest BCUT2D eigenvalue weighted by Crippen LogP contribution is -2.33. The van der Waals surface area contributed by atoms with E-state index in [1.54, 1.807) is 13.2 Å². The molecule has 0 radical (unpaired) electrons. The Kier molecular flexibility index (Phi) is 3.95. The van der Waals surface area contributed by atoms with Gasteiger partial charge in [0.25, 0.3) is 0 Å². The number of hydrogen-bond donors (Lipinski definition) is 0. The molecule has 3 heteroatoms. The molecule has 0 saturated carbocycles. The number of benzene rings is 1. The Balaban J connectivity index is 2.08. The van der Waals surface area contributed by atoms with Crippen LogP contribution in [0.1, 0.15) is 32.8 Å². The van der Waals surface area contributed by atoms with Crippen molar-refractivity contribution in [3.8, 4) is 5.75 Å². The summed E-state index contributed by atoms with van der Waals surface area (Å²) < 4.78 is 24.5. The molecule has 1 aliphatic rings. The molecule has 19 heavy (non-hydrogen) atoms. The minimum Gasteiger partial charge on any atom is -0.485 e. The van der Waals surface area contributed by atoms with Gasteiger partial charge < -0.3 is 9.47 Å². The molecule has 2 atom stereocenters. The van der Waals surface area contributed by atoms with Gasteiger partial charge in [-0.1, -0.05) is 13.0 Å². The topological polar surface area (TPSA) is 18.5 Å². The maximum Gasteiger partial charge on any atom is 0.127 e. The molecule has 2 rings (SSSR count). The molecule has 2 unspecified atom stereocenters. The molecule has 0 aliphatic carbocycles. The zero-order valence-electron chi connectivity index (χ0n) is 11.9. The molecule has 0 fully saturated rings. The minimum atomic E-state index is -0.237. The van der Waals surface area contributed by atoms with Crippen molar-refractivity contribution in [2.75, 3.05) is 7.11 Å². The fourth-order valence-electron chi connectivity index (χ4n) is 2.42. The summed E-state index contributed by atoms with van der Waals surface area (Å²) in [6.07, 6.45) is 4.84. The van der Waals surface area contributed by atoms with E-state index in [2.05, 4.69) is 20.8 Å². The van der Waals surface area contributed by atoms with Crippen LogP contribution in [0.4, 0.5) is 4.39 Å². The molecule has 0 spiro atoms. The van der Waals surface area contributed by atoms with Gasteiger partial charge in [-0.15, -0.1) is 0 Å². The highest BCUT2D eigenvalue weighted by atomic mass is 19.1. The largest absolute Gasteiger partial charge is 0.485 e. The Labute approximate surface area is 114 Å². The van der Waals surface area contributed by atoms with E-state index in [1.807, 2.05) is 12.2 Å². The van der Waals surface area contributed by atoms with E-state index in [1.165, 1.54) is 12.1 Å². The molecule has 0 saturated heterocycles. The van der Waals surface area contributed by atoms with Gasteiger partial charge in [0.1, 0.15) is 17.7 Å². The molecule has 0 aromatic heterocycles. The van der Waals surface area contributed by atoms with Crippen LogP contribution in [0.15, 0.2) is 24.3 Å². The number of halogens is 1. The first-order valence-electron chi connectivity index (χ1n) is 6.61. The third-order valence-corrected chi connectivity index (χ3v) is 3.63. The number of hydrogen-bond acceptors (Lipinski definition) is 2. The van der Waals surface area contributed by atoms with Crippen molar-refractivity contribution < 1.29 is 13.9 Å². The van der Waals surface area contributed by atoms with Crippen LogP contribution in [-0.2, 0) is 4.74 Å². The van der Waals surface area contributed by atoms with E-state index < -0.39 is 0 Å². The second-order valence-corrected chi connectivity index (χ2v) is 5.77. The number of methoxy groups -OCH3 is 1. The Bertz CT molecular complexity index is 480. The Hall–Kier alpha value is -1.35. The van der Waals surface area contributed by atoms with Gasteiger partial charge in [0, 0.05) is 12.7 Å². The third-order valence-electron chi connectivity index (χ3n) is 3.63. The van der Waals surface area contributed by atoms with E-state index in [4.69, 9.17) is 9.47 Å². The van der Waals surface area contributed by atoms with Gasteiger partial charge in [0.2, 0.25) is 0 Å². The fourth-order valence-corrected chi connectivity index (χ4v) is 2.42. The quantitative estimate of drug-likeness (QED) is 0.816. The predicted octanol–water partition coefficient (Wildman–Crippen LogP) is 4.05. The van der Waals surface area contributed by atoms with Crippen LogP contribution in [0.2, 0.25) is 0 Å². The van der Waals surface area contributed by atoms with E-state index in [9.17, 15) is 4.39 Å². The normalized spacial score (nSPS) is 19.7. The lowest BCUT2D eigenvalue weighted by Gasteiger charge is -2.32. The molecule has 2 nitrogen and oxygen atoms in total. The zero-order chi connectivity index (χ0) is 14.0. The van der Waals surface area contributed by atoms with Crippen molar-refractivity contribution in [1.29, 1.82) is 0 Å². The Morgan fingerprint density at radius 3 is 2.84 bits per heavy atom. The highest BCUT2D eigenvalue weighted by Gasteiger charge is 2.27. The second-order valence-electron chi connectivity index (χ2n) is 5.77. The van der Waals surface area contributed by atoms with E-state index >= 15 is 0 Å². The van der Waals surface area contributed by atoms with Gasteiger partial charge in [-0.3, -0.25) is 0 Å². The smallest absolute Gasteiger partial charge is 0.127 e. The average molecular weight is 264 g/mol. The summed E-state index contributed by atoms with van der Waals surface area (Å²) >= 11 is 0. The Morgan fingerprint density at radius 2 is 2.16 bits per heavy atom. The van der Waals surface area contributed by atoms with Crippen molar-refractivity contribution in [2.45, 2.75) is 38.9 Å². The van der Waals surface area contributed by atoms with Crippen LogP contribution < -0.4 is 4.74 Å². The first-order chi connectivity index (χ1) is 8.91. The third kappa shape index (κ3) is 3.35. The first kappa shape index (κ1) is 14.1. The average Bonchev–Trinajstić information content (AvgIpc) is 2.37. The van der Waals surface area contributed by atoms with Crippen molar-refractivity contribution in [3.05, 3.63) is 35.7 Å². The van der Waals surface area contributed by atoms with Gasteiger partial charge in [-0.25, -0.2) is 4.39 Å². The maximum atomic E-state index is 13.1. The van der Waals surface area contributed by atoms with Crippen LogP contribution in [0.25, 0.3) is 6.08 Å². The van der Waals surface area contributed by atoms with Crippen LogP contribution in [0, 0.1) is 11.7 Å². The molecule has 104 valence electrons. The fraction of sp³-hybridized carbons (Fsp3) is 0.500. The van der Waals surface area contributed by atoms with Crippen LogP contribution in [-0.4, -0.2) is 18.8 Å². The number of fused-ring (bicyclic) bond motifs is 1. The van der Waals surface area contributed by atoms with E-state index in [-0.39, 0.29) is 17.5 Å². The number of ether oxygens (including phenoxy) is 2. The van der Waals surface area contributed by atoms with Gasteiger partial charge in [-0.2, -0.15) is 0 Å². The molecule has 1 aromatic carbocycles. The molecular weight excluding hydrogens is 243 g/mol. The van der Waals surface area contributed by atoms with Crippen LogP contribution >= 0.6 is 0 Å². The summed E-state index contributed by atoms with van der Waals surface area (Å²) in [6.45, 7) is 6.28. The first-order valence-corrected chi connectivity index (χ1v) is 6.61. The van der Waals surface area contributed by atoms with Crippen molar-refractivity contribution >= 4 is 6.08 Å². The monoisotopic (exact) mass is 264 g/mol. The highest BCUT2D eigenvalue weighted by molar-refractivity contribution is 5.60. The molecule has 0 N–H and O–H groups in total. The van der Waals surface area contributed by atoms with Crippen LogP contribution in [0.5, 0.6) is 5.75 Å². The lowest BCUT2D eigenvalue weighted by molar-refractivity contribution is -0.00748. The zero-order valence-corrected chi connectivity index (χ0v) is 11.9. The molecule has 0 bridgehead atoms. The summed E-state index contributed by atoms with van der Waals surface area (Å²) in [4.78, 5) is 0.